The molecule has 0 radical (unpaired) electrons. The van der Waals surface area contributed by atoms with Crippen molar-refractivity contribution >= 4 is 21.7 Å². The average molecular weight is 438 g/mol. The predicted molar refractivity (Wildman–Crippen MR) is 89.4 cm³/mol. The molecule has 0 fully saturated rings. The van der Waals surface area contributed by atoms with Crippen LogP contribution in [0.2, 0.25) is 0 Å². The number of aromatic nitrogens is 3. The van der Waals surface area contributed by atoms with Crippen LogP contribution in [-0.2, 0) is 14.8 Å². The van der Waals surface area contributed by atoms with E-state index in [4.69, 9.17) is 14.2 Å². The third kappa shape index (κ3) is 5.13. The lowest BCUT2D eigenvalue weighted by atomic mass is 10.2. The summed E-state index contributed by atoms with van der Waals surface area (Å²) in [6.07, 6.45) is 0. The number of anilines is 1. The van der Waals surface area contributed by atoms with Crippen molar-refractivity contribution in [1.29, 1.82) is 0 Å². The molecule has 0 aliphatic heterocycles. The summed E-state index contributed by atoms with van der Waals surface area (Å²) < 4.78 is 81.0. The Balaban J connectivity index is 2.44. The molecule has 0 atom stereocenters. The Morgan fingerprint density at radius 2 is 1.55 bits per heavy atom. The van der Waals surface area contributed by atoms with Crippen LogP contribution in [0, 0.1) is 0 Å². The number of ether oxygens (including phenoxy) is 4. The molecule has 15 heteroatoms. The fraction of sp³-hybridized carbons (Fsp3) is 0.286. The van der Waals surface area contributed by atoms with E-state index in [1.54, 1.807) is 0 Å². The minimum absolute atomic E-state index is 0.180. The molecule has 0 saturated carbocycles. The largest absolute Gasteiger partial charge is 0.516 e. The van der Waals surface area contributed by atoms with Gasteiger partial charge >= 0.3 is 39.5 Å². The number of esters is 1. The molecule has 0 bridgehead atoms. The Kier molecular flexibility index (Phi) is 6.31. The molecule has 11 nitrogen and oxygen atoms in total. The molecule has 0 saturated heterocycles. The van der Waals surface area contributed by atoms with Gasteiger partial charge in [0.2, 0.25) is 0 Å². The molecule has 1 aromatic carbocycles. The minimum atomic E-state index is -5.70. The zero-order valence-corrected chi connectivity index (χ0v) is 15.8. The summed E-state index contributed by atoms with van der Waals surface area (Å²) in [6, 6.07) is 2.01. The van der Waals surface area contributed by atoms with Crippen LogP contribution in [0.3, 0.4) is 0 Å². The van der Waals surface area contributed by atoms with E-state index in [1.807, 2.05) is 0 Å². The molecule has 0 unspecified atom stereocenters. The van der Waals surface area contributed by atoms with Gasteiger partial charge < -0.3 is 18.9 Å². The first kappa shape index (κ1) is 21.9. The third-order valence-corrected chi connectivity index (χ3v) is 4.20. The number of hydrogen-bond donors (Lipinski definition) is 1. The molecule has 2 aromatic rings. The number of benzene rings is 1. The highest BCUT2D eigenvalue weighted by molar-refractivity contribution is 7.93. The topological polar surface area (TPSA) is 139 Å². The summed E-state index contributed by atoms with van der Waals surface area (Å²) in [4.78, 5) is 23.3. The Morgan fingerprint density at radius 3 is 2.03 bits per heavy atom. The van der Waals surface area contributed by atoms with Gasteiger partial charge in [-0.25, -0.2) is 4.79 Å². The quantitative estimate of drug-likeness (QED) is 0.636. The summed E-state index contributed by atoms with van der Waals surface area (Å²) in [6.45, 7) is 0. The second-order valence-electron chi connectivity index (χ2n) is 4.95. The van der Waals surface area contributed by atoms with Gasteiger partial charge in [0.05, 0.1) is 21.3 Å². The Bertz CT molecular complexity index is 993. The van der Waals surface area contributed by atoms with Crippen molar-refractivity contribution in [2.75, 3.05) is 26.1 Å². The number of carbonyl (C=O) groups excluding carboxylic acids is 1. The number of alkyl halides is 3. The van der Waals surface area contributed by atoms with Gasteiger partial charge in [0, 0.05) is 5.69 Å². The molecule has 1 heterocycles. The average Bonchev–Trinajstić information content (AvgIpc) is 2.67. The smallest absolute Gasteiger partial charge is 0.467 e. The minimum Gasteiger partial charge on any atom is -0.467 e. The lowest BCUT2D eigenvalue weighted by Gasteiger charge is -2.13. The van der Waals surface area contributed by atoms with Crippen molar-refractivity contribution in [1.82, 2.24) is 15.0 Å². The van der Waals surface area contributed by atoms with Crippen molar-refractivity contribution in [3.05, 3.63) is 23.8 Å². The van der Waals surface area contributed by atoms with Crippen molar-refractivity contribution < 1.29 is 45.3 Å². The fourth-order valence-electron chi connectivity index (χ4n) is 1.81. The van der Waals surface area contributed by atoms with Gasteiger partial charge in [-0.2, -0.15) is 21.6 Å². The molecule has 0 amide bonds. The number of carbonyl (C=O) groups is 1. The molecular formula is C14H13F3N4O7S. The molecule has 1 N–H and O–H groups in total. The van der Waals surface area contributed by atoms with Crippen LogP contribution in [0.5, 0.6) is 23.8 Å². The van der Waals surface area contributed by atoms with Crippen molar-refractivity contribution in [3.8, 4) is 23.8 Å². The number of halogens is 3. The molecule has 0 spiro atoms. The van der Waals surface area contributed by atoms with Crippen molar-refractivity contribution in [2.45, 2.75) is 5.51 Å². The van der Waals surface area contributed by atoms with Gasteiger partial charge in [-0.1, -0.05) is 0 Å². The Labute approximate surface area is 161 Å². The first-order valence-electron chi connectivity index (χ1n) is 7.34. The van der Waals surface area contributed by atoms with E-state index >= 15 is 0 Å². The normalized spacial score (nSPS) is 11.5. The SMILES string of the molecule is COC(=O)c1cc(NS(=O)(=O)C(F)(F)F)ccc1Oc1nc(OC)nc(OC)n1. The van der Waals surface area contributed by atoms with E-state index in [0.717, 1.165) is 25.3 Å². The summed E-state index contributed by atoms with van der Waals surface area (Å²) in [5.41, 5.74) is -6.51. The number of nitrogens with zero attached hydrogens (tertiary/aromatic N) is 3. The zero-order valence-electron chi connectivity index (χ0n) is 15.0. The van der Waals surface area contributed by atoms with Crippen LogP contribution in [0.25, 0.3) is 0 Å². The van der Waals surface area contributed by atoms with E-state index < -0.39 is 32.8 Å². The monoisotopic (exact) mass is 438 g/mol. The standard InChI is InChI=1S/C14H13F3N4O7S/c1-25-10(22)8-6-7(21-29(23,24)14(15,16)17)4-5-9(8)28-13-19-11(26-2)18-12(20-13)27-3/h4-6,21H,1-3H3. The fourth-order valence-corrected chi connectivity index (χ4v) is 2.36. The molecule has 0 aliphatic carbocycles. The summed E-state index contributed by atoms with van der Waals surface area (Å²) >= 11 is 0. The maximum atomic E-state index is 12.5. The lowest BCUT2D eigenvalue weighted by molar-refractivity contribution is -0.0429. The van der Waals surface area contributed by atoms with Crippen molar-refractivity contribution in [3.63, 3.8) is 0 Å². The molecule has 2 rings (SSSR count). The van der Waals surface area contributed by atoms with Crippen LogP contribution in [0.4, 0.5) is 18.9 Å². The van der Waals surface area contributed by atoms with E-state index in [1.165, 1.54) is 18.9 Å². The Morgan fingerprint density at radius 1 is 1.00 bits per heavy atom. The number of rotatable bonds is 7. The number of sulfonamides is 1. The molecule has 29 heavy (non-hydrogen) atoms. The highest BCUT2D eigenvalue weighted by Crippen LogP contribution is 2.31. The summed E-state index contributed by atoms with van der Waals surface area (Å²) in [5.74, 6) is -1.27. The maximum Gasteiger partial charge on any atom is 0.516 e. The van der Waals surface area contributed by atoms with Crippen molar-refractivity contribution in [2.24, 2.45) is 0 Å². The Hall–Kier alpha value is -3.36. The second kappa shape index (κ2) is 8.34. The third-order valence-electron chi connectivity index (χ3n) is 3.08. The van der Waals surface area contributed by atoms with Crippen LogP contribution >= 0.6 is 0 Å². The van der Waals surface area contributed by atoms with Gasteiger partial charge in [-0.3, -0.25) is 4.72 Å². The van der Waals surface area contributed by atoms with E-state index in [-0.39, 0.29) is 23.8 Å². The zero-order chi connectivity index (χ0) is 21.8. The first-order valence-corrected chi connectivity index (χ1v) is 8.82. The first-order chi connectivity index (χ1) is 13.5. The van der Waals surface area contributed by atoms with Gasteiger partial charge in [0.25, 0.3) is 0 Å². The summed E-state index contributed by atoms with van der Waals surface area (Å²) in [5, 5.41) is 0. The number of hydrogen-bond acceptors (Lipinski definition) is 10. The van der Waals surface area contributed by atoms with Gasteiger partial charge in [0.15, 0.2) is 0 Å². The molecule has 1 aromatic heterocycles. The van der Waals surface area contributed by atoms with Crippen LogP contribution in [0.1, 0.15) is 10.4 Å². The lowest BCUT2D eigenvalue weighted by Crippen LogP contribution is -2.30. The number of methoxy groups -OCH3 is 3. The highest BCUT2D eigenvalue weighted by Gasteiger charge is 2.46. The number of nitrogens with one attached hydrogen (secondary N) is 1. The second-order valence-corrected chi connectivity index (χ2v) is 6.62. The van der Waals surface area contributed by atoms with Crippen LogP contribution < -0.4 is 18.9 Å². The molecule has 158 valence electrons. The van der Waals surface area contributed by atoms with Gasteiger partial charge in [-0.05, 0) is 18.2 Å². The van der Waals surface area contributed by atoms with Crippen LogP contribution in [-0.4, -0.2) is 56.2 Å². The maximum absolute atomic E-state index is 12.5. The van der Waals surface area contributed by atoms with E-state index in [2.05, 4.69) is 19.7 Å². The predicted octanol–water partition coefficient (Wildman–Crippen LogP) is 1.73. The van der Waals surface area contributed by atoms with Crippen LogP contribution in [0.15, 0.2) is 18.2 Å². The summed E-state index contributed by atoms with van der Waals surface area (Å²) in [7, 11) is -2.16. The van der Waals surface area contributed by atoms with E-state index in [9.17, 15) is 26.4 Å². The van der Waals surface area contributed by atoms with Gasteiger partial charge in [0.1, 0.15) is 11.3 Å². The van der Waals surface area contributed by atoms with Gasteiger partial charge in [-0.15, -0.1) is 15.0 Å². The highest BCUT2D eigenvalue weighted by atomic mass is 32.2. The molecular weight excluding hydrogens is 425 g/mol. The van der Waals surface area contributed by atoms with E-state index in [0.29, 0.717) is 0 Å². The molecule has 0 aliphatic rings.